The van der Waals surface area contributed by atoms with Gasteiger partial charge in [-0.15, -0.1) is 0 Å². The lowest BCUT2D eigenvalue weighted by molar-refractivity contribution is 0.0989. The highest BCUT2D eigenvalue weighted by Crippen LogP contribution is 2.32. The van der Waals surface area contributed by atoms with Crippen molar-refractivity contribution >= 4 is 21.6 Å². The molecule has 0 saturated carbocycles. The lowest BCUT2D eigenvalue weighted by atomic mass is 10.1. The molecule has 0 N–H and O–H groups in total. The van der Waals surface area contributed by atoms with Crippen molar-refractivity contribution in [3.8, 4) is 0 Å². The molecular weight excluding hydrogens is 348 g/mol. The van der Waals surface area contributed by atoms with E-state index in [1.54, 1.807) is 27.4 Å². The zero-order valence-electron chi connectivity index (χ0n) is 14.8. The van der Waals surface area contributed by atoms with Crippen LogP contribution >= 0.6 is 0 Å². The molecule has 26 heavy (non-hydrogen) atoms. The molecule has 2 aliphatic heterocycles. The number of hydrogen-bond donors (Lipinski definition) is 0. The number of sulfonamides is 1. The molecule has 0 atom stereocenters. The molecule has 6 heteroatoms. The van der Waals surface area contributed by atoms with Gasteiger partial charge in [0.15, 0.2) is 0 Å². The van der Waals surface area contributed by atoms with Gasteiger partial charge in [0.1, 0.15) is 0 Å². The first-order chi connectivity index (χ1) is 12.5. The molecule has 0 radical (unpaired) electrons. The minimum Gasteiger partial charge on any atom is -0.308 e. The molecule has 2 aromatic rings. The number of rotatable bonds is 3. The van der Waals surface area contributed by atoms with Crippen molar-refractivity contribution in [2.75, 3.05) is 24.5 Å². The van der Waals surface area contributed by atoms with E-state index in [4.69, 9.17) is 0 Å². The minimum atomic E-state index is -3.43. The van der Waals surface area contributed by atoms with Gasteiger partial charge in [0.2, 0.25) is 10.0 Å². The summed E-state index contributed by atoms with van der Waals surface area (Å²) >= 11 is 0. The Morgan fingerprint density at radius 3 is 2.35 bits per heavy atom. The van der Waals surface area contributed by atoms with Crippen molar-refractivity contribution in [1.29, 1.82) is 0 Å². The van der Waals surface area contributed by atoms with Crippen molar-refractivity contribution in [1.82, 2.24) is 4.31 Å². The first-order valence-electron chi connectivity index (χ1n) is 8.98. The van der Waals surface area contributed by atoms with Gasteiger partial charge in [-0.1, -0.05) is 17.7 Å². The summed E-state index contributed by atoms with van der Waals surface area (Å²) in [6, 6.07) is 12.7. The highest BCUT2D eigenvalue weighted by molar-refractivity contribution is 7.89. The van der Waals surface area contributed by atoms with Crippen LogP contribution in [-0.2, 0) is 16.4 Å². The predicted octanol–water partition coefficient (Wildman–Crippen LogP) is 2.98. The smallest absolute Gasteiger partial charge is 0.258 e. The zero-order valence-corrected chi connectivity index (χ0v) is 15.6. The summed E-state index contributed by atoms with van der Waals surface area (Å²) < 4.78 is 27.1. The highest BCUT2D eigenvalue weighted by atomic mass is 32.2. The number of amides is 1. The molecule has 1 saturated heterocycles. The number of carbonyl (C=O) groups is 1. The lowest BCUT2D eigenvalue weighted by Crippen LogP contribution is -2.29. The first-order valence-corrected chi connectivity index (χ1v) is 10.4. The van der Waals surface area contributed by atoms with Gasteiger partial charge in [0, 0.05) is 30.9 Å². The van der Waals surface area contributed by atoms with E-state index in [9.17, 15) is 13.2 Å². The minimum absolute atomic E-state index is 0.0427. The van der Waals surface area contributed by atoms with Gasteiger partial charge in [-0.25, -0.2) is 8.42 Å². The summed E-state index contributed by atoms with van der Waals surface area (Å²) in [5, 5.41) is 0. The Labute approximate surface area is 154 Å². The van der Waals surface area contributed by atoms with Crippen LogP contribution in [0.5, 0.6) is 0 Å². The van der Waals surface area contributed by atoms with Crippen LogP contribution < -0.4 is 4.90 Å². The first kappa shape index (κ1) is 17.2. The van der Waals surface area contributed by atoms with E-state index in [-0.39, 0.29) is 5.91 Å². The van der Waals surface area contributed by atoms with E-state index in [0.29, 0.717) is 36.5 Å². The third-order valence-electron chi connectivity index (χ3n) is 5.19. The van der Waals surface area contributed by atoms with E-state index >= 15 is 0 Å². The Bertz CT molecular complexity index is 946. The normalized spacial score (nSPS) is 17.5. The van der Waals surface area contributed by atoms with Crippen molar-refractivity contribution in [2.45, 2.75) is 31.1 Å². The molecule has 2 heterocycles. The maximum atomic E-state index is 12.8. The predicted molar refractivity (Wildman–Crippen MR) is 101 cm³/mol. The van der Waals surface area contributed by atoms with Gasteiger partial charge < -0.3 is 4.90 Å². The maximum Gasteiger partial charge on any atom is 0.258 e. The summed E-state index contributed by atoms with van der Waals surface area (Å²) in [5.74, 6) is -0.0427. The van der Waals surface area contributed by atoms with Gasteiger partial charge in [-0.3, -0.25) is 4.79 Å². The van der Waals surface area contributed by atoms with Crippen LogP contribution in [0, 0.1) is 6.92 Å². The number of hydrogen-bond acceptors (Lipinski definition) is 3. The summed E-state index contributed by atoms with van der Waals surface area (Å²) in [5.41, 5.74) is 3.50. The van der Waals surface area contributed by atoms with E-state index in [2.05, 4.69) is 0 Å². The molecule has 1 amide bonds. The van der Waals surface area contributed by atoms with Crippen LogP contribution in [0.4, 0.5) is 5.69 Å². The van der Waals surface area contributed by atoms with E-state index in [1.165, 1.54) is 0 Å². The van der Waals surface area contributed by atoms with Crippen LogP contribution in [0.25, 0.3) is 0 Å². The molecular formula is C20H22N2O3S. The Morgan fingerprint density at radius 2 is 1.65 bits per heavy atom. The number of aryl methyl sites for hydroxylation is 1. The average Bonchev–Trinajstić information content (AvgIpc) is 3.31. The second-order valence-corrected chi connectivity index (χ2v) is 8.91. The second kappa shape index (κ2) is 6.52. The van der Waals surface area contributed by atoms with Crippen LogP contribution in [0.15, 0.2) is 47.4 Å². The Kier molecular flexibility index (Phi) is 4.32. The Balaban J connectivity index is 1.62. The Hall–Kier alpha value is -2.18. The van der Waals surface area contributed by atoms with Gasteiger partial charge in [-0.2, -0.15) is 4.31 Å². The third kappa shape index (κ3) is 2.93. The molecule has 4 rings (SSSR count). The van der Waals surface area contributed by atoms with E-state index in [0.717, 1.165) is 29.7 Å². The SMILES string of the molecule is Cc1ccc(C(=O)N2CCc3cc(S(=O)(=O)N4CCCC4)ccc32)cc1. The van der Waals surface area contributed by atoms with Crippen molar-refractivity contribution < 1.29 is 13.2 Å². The summed E-state index contributed by atoms with van der Waals surface area (Å²) in [6.07, 6.45) is 2.52. The Morgan fingerprint density at radius 1 is 0.962 bits per heavy atom. The number of benzene rings is 2. The molecule has 1 fully saturated rings. The molecule has 136 valence electrons. The fourth-order valence-corrected chi connectivity index (χ4v) is 5.25. The van der Waals surface area contributed by atoms with Crippen LogP contribution in [0.1, 0.15) is 34.3 Å². The fourth-order valence-electron chi connectivity index (χ4n) is 3.68. The molecule has 0 bridgehead atoms. The largest absolute Gasteiger partial charge is 0.308 e. The van der Waals surface area contributed by atoms with Gasteiger partial charge in [0.05, 0.1) is 4.90 Å². The van der Waals surface area contributed by atoms with Crippen molar-refractivity contribution in [3.63, 3.8) is 0 Å². The molecule has 0 aliphatic carbocycles. The third-order valence-corrected chi connectivity index (χ3v) is 7.09. The quantitative estimate of drug-likeness (QED) is 0.835. The van der Waals surface area contributed by atoms with Gasteiger partial charge >= 0.3 is 0 Å². The maximum absolute atomic E-state index is 12.8. The fraction of sp³-hybridized carbons (Fsp3) is 0.350. The van der Waals surface area contributed by atoms with Crippen LogP contribution in [0.2, 0.25) is 0 Å². The molecule has 0 unspecified atom stereocenters. The average molecular weight is 370 g/mol. The molecule has 2 aromatic carbocycles. The summed E-state index contributed by atoms with van der Waals surface area (Å²) in [4.78, 5) is 14.9. The van der Waals surface area contributed by atoms with E-state index in [1.807, 2.05) is 31.2 Å². The number of anilines is 1. The standard InChI is InChI=1S/C20H22N2O3S/c1-15-4-6-16(7-5-15)20(23)22-13-10-17-14-18(8-9-19(17)22)26(24,25)21-11-2-3-12-21/h4-9,14H,2-3,10-13H2,1H3. The topological polar surface area (TPSA) is 57.7 Å². The lowest BCUT2D eigenvalue weighted by Gasteiger charge is -2.19. The van der Waals surface area contributed by atoms with Crippen molar-refractivity contribution in [2.24, 2.45) is 0 Å². The van der Waals surface area contributed by atoms with Crippen molar-refractivity contribution in [3.05, 3.63) is 59.2 Å². The second-order valence-electron chi connectivity index (χ2n) is 6.97. The number of fused-ring (bicyclic) bond motifs is 1. The monoisotopic (exact) mass is 370 g/mol. The number of carbonyl (C=O) groups excluding carboxylic acids is 1. The van der Waals surface area contributed by atoms with Crippen LogP contribution in [-0.4, -0.2) is 38.3 Å². The van der Waals surface area contributed by atoms with Crippen LogP contribution in [0.3, 0.4) is 0 Å². The highest BCUT2D eigenvalue weighted by Gasteiger charge is 2.30. The van der Waals surface area contributed by atoms with Gasteiger partial charge in [0.25, 0.3) is 5.91 Å². The molecule has 0 spiro atoms. The molecule has 5 nitrogen and oxygen atoms in total. The number of nitrogens with zero attached hydrogens (tertiary/aromatic N) is 2. The molecule has 0 aromatic heterocycles. The molecule has 2 aliphatic rings. The summed E-state index contributed by atoms with van der Waals surface area (Å²) in [7, 11) is -3.43. The summed E-state index contributed by atoms with van der Waals surface area (Å²) in [6.45, 7) is 3.76. The van der Waals surface area contributed by atoms with E-state index < -0.39 is 10.0 Å². The van der Waals surface area contributed by atoms with Gasteiger partial charge in [-0.05, 0) is 62.1 Å². The zero-order chi connectivity index (χ0) is 18.3.